The quantitative estimate of drug-likeness (QED) is 0.507. The van der Waals surface area contributed by atoms with E-state index in [9.17, 15) is 14.4 Å². The molecule has 0 saturated heterocycles. The van der Waals surface area contributed by atoms with Crippen LogP contribution in [0.2, 0.25) is 0 Å². The Balaban J connectivity index is 1.88. The standard InChI is InChI=1S/C20H30O4/c1-2-3-8-16-17-13-19(22)15(14(17)11-12-18(16)21)9-6-4-5-7-10-20(23)24/h4,6,14-17H,2-3,5,7-13H2,1H3,(H,23,24)/b6-4-/t14-,15-,16?,17+/m1/s1. The van der Waals surface area contributed by atoms with Crippen molar-refractivity contribution < 1.29 is 19.5 Å². The van der Waals surface area contributed by atoms with Gasteiger partial charge in [0.1, 0.15) is 11.6 Å². The molecule has 0 aromatic heterocycles. The SMILES string of the molecule is CCCCC1C(=O)CC[C@H]2[C@@H]1CC(=O)[C@@H]2C/C=C\CCCC(=O)O. The molecule has 2 saturated carbocycles. The monoisotopic (exact) mass is 334 g/mol. The first-order valence-corrected chi connectivity index (χ1v) is 9.46. The Bertz CT molecular complexity index is 494. The molecule has 4 nitrogen and oxygen atoms in total. The van der Waals surface area contributed by atoms with Crippen LogP contribution >= 0.6 is 0 Å². The molecule has 0 amide bonds. The third-order valence-electron chi connectivity index (χ3n) is 5.76. The molecule has 0 bridgehead atoms. The van der Waals surface area contributed by atoms with Gasteiger partial charge in [-0.15, -0.1) is 0 Å². The van der Waals surface area contributed by atoms with E-state index in [0.29, 0.717) is 36.7 Å². The number of hydrogen-bond donors (Lipinski definition) is 1. The van der Waals surface area contributed by atoms with E-state index in [4.69, 9.17) is 5.11 Å². The average molecular weight is 334 g/mol. The summed E-state index contributed by atoms with van der Waals surface area (Å²) < 4.78 is 0. The van der Waals surface area contributed by atoms with Crippen LogP contribution in [0.25, 0.3) is 0 Å². The molecule has 4 heteroatoms. The zero-order valence-corrected chi connectivity index (χ0v) is 14.7. The number of carbonyl (C=O) groups is 3. The van der Waals surface area contributed by atoms with E-state index in [1.165, 1.54) is 0 Å². The maximum absolute atomic E-state index is 12.5. The third kappa shape index (κ3) is 4.78. The lowest BCUT2D eigenvalue weighted by atomic mass is 9.69. The van der Waals surface area contributed by atoms with Crippen LogP contribution < -0.4 is 0 Å². The number of Topliss-reactive ketones (excluding diaryl/α,β-unsaturated/α-hetero) is 2. The fourth-order valence-corrected chi connectivity index (χ4v) is 4.50. The molecule has 0 aliphatic heterocycles. The van der Waals surface area contributed by atoms with Gasteiger partial charge in [-0.3, -0.25) is 14.4 Å². The Morgan fingerprint density at radius 2 is 1.92 bits per heavy atom. The first-order chi connectivity index (χ1) is 11.5. The van der Waals surface area contributed by atoms with Gasteiger partial charge in [0.25, 0.3) is 0 Å². The number of carboxylic acids is 1. The first kappa shape index (κ1) is 18.9. The van der Waals surface area contributed by atoms with E-state index in [-0.39, 0.29) is 24.2 Å². The predicted octanol–water partition coefficient (Wildman–Crippen LogP) is 4.18. The Morgan fingerprint density at radius 1 is 1.12 bits per heavy atom. The molecule has 2 aliphatic carbocycles. The second-order valence-electron chi connectivity index (χ2n) is 7.35. The van der Waals surface area contributed by atoms with Crippen molar-refractivity contribution in [1.82, 2.24) is 0 Å². The van der Waals surface area contributed by atoms with Crippen molar-refractivity contribution in [2.24, 2.45) is 23.7 Å². The Morgan fingerprint density at radius 3 is 2.62 bits per heavy atom. The Hall–Kier alpha value is -1.45. The van der Waals surface area contributed by atoms with Crippen LogP contribution in [-0.2, 0) is 14.4 Å². The zero-order valence-electron chi connectivity index (χ0n) is 14.7. The van der Waals surface area contributed by atoms with E-state index in [0.717, 1.165) is 38.5 Å². The number of hydrogen-bond acceptors (Lipinski definition) is 3. The topological polar surface area (TPSA) is 71.4 Å². The van der Waals surface area contributed by atoms with Crippen LogP contribution in [-0.4, -0.2) is 22.6 Å². The van der Waals surface area contributed by atoms with E-state index in [2.05, 4.69) is 6.92 Å². The maximum atomic E-state index is 12.5. The number of aliphatic carboxylic acids is 1. The van der Waals surface area contributed by atoms with Crippen molar-refractivity contribution in [3.63, 3.8) is 0 Å². The van der Waals surface area contributed by atoms with Crippen LogP contribution in [0.1, 0.15) is 71.1 Å². The Labute approximate surface area is 144 Å². The Kier molecular flexibility index (Phi) is 7.19. The van der Waals surface area contributed by atoms with Crippen LogP contribution in [0.3, 0.4) is 0 Å². The van der Waals surface area contributed by atoms with E-state index in [1.807, 2.05) is 12.2 Å². The summed E-state index contributed by atoms with van der Waals surface area (Å²) in [5, 5.41) is 8.62. The highest BCUT2D eigenvalue weighted by atomic mass is 16.4. The molecule has 4 atom stereocenters. The van der Waals surface area contributed by atoms with Crippen molar-refractivity contribution in [1.29, 1.82) is 0 Å². The van der Waals surface area contributed by atoms with Gasteiger partial charge in [0.15, 0.2) is 0 Å². The second-order valence-corrected chi connectivity index (χ2v) is 7.35. The van der Waals surface area contributed by atoms with Crippen LogP contribution in [0.5, 0.6) is 0 Å². The molecule has 0 aromatic rings. The molecule has 0 heterocycles. The largest absolute Gasteiger partial charge is 0.481 e. The summed E-state index contributed by atoms with van der Waals surface area (Å²) in [5.41, 5.74) is 0. The summed E-state index contributed by atoms with van der Waals surface area (Å²) >= 11 is 0. The van der Waals surface area contributed by atoms with Crippen LogP contribution in [0, 0.1) is 23.7 Å². The molecule has 134 valence electrons. The molecule has 24 heavy (non-hydrogen) atoms. The summed E-state index contributed by atoms with van der Waals surface area (Å²) in [7, 11) is 0. The van der Waals surface area contributed by atoms with Gasteiger partial charge >= 0.3 is 5.97 Å². The molecule has 1 unspecified atom stereocenters. The van der Waals surface area contributed by atoms with Crippen LogP contribution in [0.4, 0.5) is 0 Å². The lowest BCUT2D eigenvalue weighted by Gasteiger charge is -2.34. The van der Waals surface area contributed by atoms with Crippen LogP contribution in [0.15, 0.2) is 12.2 Å². The van der Waals surface area contributed by atoms with Gasteiger partial charge < -0.3 is 5.11 Å². The average Bonchev–Trinajstić information content (AvgIpc) is 2.85. The number of rotatable bonds is 9. The molecule has 0 radical (unpaired) electrons. The van der Waals surface area contributed by atoms with Crippen molar-refractivity contribution in [3.8, 4) is 0 Å². The van der Waals surface area contributed by atoms with Crippen molar-refractivity contribution in [3.05, 3.63) is 12.2 Å². The summed E-state index contributed by atoms with van der Waals surface area (Å²) in [6, 6.07) is 0. The van der Waals surface area contributed by atoms with Crippen molar-refractivity contribution in [2.75, 3.05) is 0 Å². The van der Waals surface area contributed by atoms with Gasteiger partial charge in [-0.25, -0.2) is 0 Å². The van der Waals surface area contributed by atoms with Gasteiger partial charge in [-0.05, 0) is 43.9 Å². The minimum absolute atomic E-state index is 0.0722. The lowest BCUT2D eigenvalue weighted by Crippen LogP contribution is -2.34. The number of carbonyl (C=O) groups excluding carboxylic acids is 2. The predicted molar refractivity (Wildman–Crippen MR) is 92.6 cm³/mol. The number of unbranched alkanes of at least 4 members (excludes halogenated alkanes) is 2. The molecule has 1 N–H and O–H groups in total. The maximum Gasteiger partial charge on any atom is 0.303 e. The lowest BCUT2D eigenvalue weighted by molar-refractivity contribution is -0.137. The summed E-state index contributed by atoms with van der Waals surface area (Å²) in [4.78, 5) is 35.2. The summed E-state index contributed by atoms with van der Waals surface area (Å²) in [6.45, 7) is 2.14. The fraction of sp³-hybridized carbons (Fsp3) is 0.750. The number of fused-ring (bicyclic) bond motifs is 1. The van der Waals surface area contributed by atoms with E-state index in [1.54, 1.807) is 0 Å². The number of allylic oxidation sites excluding steroid dienone is 2. The van der Waals surface area contributed by atoms with Gasteiger partial charge in [0.05, 0.1) is 0 Å². The highest BCUT2D eigenvalue weighted by Gasteiger charge is 2.48. The molecule has 2 rings (SSSR count). The van der Waals surface area contributed by atoms with Gasteiger partial charge in [-0.1, -0.05) is 31.9 Å². The highest BCUT2D eigenvalue weighted by molar-refractivity contribution is 5.88. The minimum Gasteiger partial charge on any atom is -0.481 e. The highest BCUT2D eigenvalue weighted by Crippen LogP contribution is 2.48. The van der Waals surface area contributed by atoms with E-state index < -0.39 is 5.97 Å². The van der Waals surface area contributed by atoms with Gasteiger partial charge in [0, 0.05) is 31.1 Å². The molecular weight excluding hydrogens is 304 g/mol. The summed E-state index contributed by atoms with van der Waals surface area (Å²) in [6.07, 6.45) is 11.6. The van der Waals surface area contributed by atoms with Crippen molar-refractivity contribution in [2.45, 2.75) is 71.1 Å². The minimum atomic E-state index is -0.762. The molecule has 0 spiro atoms. The second kappa shape index (κ2) is 9.14. The fourth-order valence-electron chi connectivity index (χ4n) is 4.50. The summed E-state index contributed by atoms with van der Waals surface area (Å²) in [5.74, 6) is 0.775. The molecule has 2 fully saturated rings. The molecular formula is C20H30O4. The van der Waals surface area contributed by atoms with Gasteiger partial charge in [0.2, 0.25) is 0 Å². The third-order valence-corrected chi connectivity index (χ3v) is 5.76. The van der Waals surface area contributed by atoms with Crippen molar-refractivity contribution >= 4 is 17.5 Å². The zero-order chi connectivity index (χ0) is 17.5. The number of ketones is 2. The normalized spacial score (nSPS) is 30.0. The van der Waals surface area contributed by atoms with E-state index >= 15 is 0 Å². The smallest absolute Gasteiger partial charge is 0.303 e. The molecule has 0 aromatic carbocycles. The first-order valence-electron chi connectivity index (χ1n) is 9.46. The molecule has 2 aliphatic rings. The number of carboxylic acid groups (broad SMARTS) is 1. The van der Waals surface area contributed by atoms with Gasteiger partial charge in [-0.2, -0.15) is 0 Å².